The summed E-state index contributed by atoms with van der Waals surface area (Å²) in [5.41, 5.74) is -0.0170. The van der Waals surface area contributed by atoms with Gasteiger partial charge in [0, 0.05) is 6.32 Å². The second kappa shape index (κ2) is 5.21. The summed E-state index contributed by atoms with van der Waals surface area (Å²) in [6, 6.07) is 5.72. The fraction of sp³-hybridized carbons (Fsp3) is 0.571. The van der Waals surface area contributed by atoms with Gasteiger partial charge in [0.15, 0.2) is 0 Å². The molecule has 0 aliphatic carbocycles. The molecule has 1 aromatic carbocycles. The summed E-state index contributed by atoms with van der Waals surface area (Å²) in [4.78, 5) is 0. The van der Waals surface area contributed by atoms with Gasteiger partial charge in [-0.2, -0.15) is 0 Å². The van der Waals surface area contributed by atoms with Crippen molar-refractivity contribution in [3.05, 3.63) is 29.8 Å². The monoisotopic (exact) mass is 302 g/mol. The van der Waals surface area contributed by atoms with Crippen molar-refractivity contribution >= 4 is 7.12 Å². The van der Waals surface area contributed by atoms with E-state index < -0.39 is 24.7 Å². The Bertz CT molecular complexity index is 481. The molecule has 1 heterocycles. The molecule has 1 saturated heterocycles. The minimum Gasteiger partial charge on any atom is -0.406 e. The van der Waals surface area contributed by atoms with Gasteiger partial charge < -0.3 is 14.0 Å². The highest BCUT2D eigenvalue weighted by Crippen LogP contribution is 2.37. The van der Waals surface area contributed by atoms with Crippen molar-refractivity contribution in [3.8, 4) is 5.75 Å². The van der Waals surface area contributed by atoms with Crippen LogP contribution in [0.15, 0.2) is 24.3 Å². The van der Waals surface area contributed by atoms with Gasteiger partial charge in [-0.05, 0) is 45.4 Å². The van der Waals surface area contributed by atoms with Crippen LogP contribution < -0.4 is 4.74 Å². The SMILES string of the molecule is CC1(C)OB(Cc2ccc(OC(F)(F)F)cc2)OC1(C)C. The molecule has 1 aromatic rings. The molecule has 0 amide bonds. The van der Waals surface area contributed by atoms with Crippen LogP contribution in [0, 0.1) is 0 Å². The second-order valence-corrected chi connectivity index (χ2v) is 6.08. The number of benzene rings is 1. The van der Waals surface area contributed by atoms with Crippen molar-refractivity contribution < 1.29 is 27.2 Å². The molecular formula is C14H18BF3O3. The first-order valence-electron chi connectivity index (χ1n) is 6.69. The third-order valence-electron chi connectivity index (χ3n) is 3.86. The van der Waals surface area contributed by atoms with Gasteiger partial charge in [0.2, 0.25) is 0 Å². The normalized spacial score (nSPS) is 20.6. The van der Waals surface area contributed by atoms with Gasteiger partial charge in [-0.25, -0.2) is 0 Å². The van der Waals surface area contributed by atoms with Crippen LogP contribution in [-0.4, -0.2) is 24.7 Å². The molecule has 1 aliphatic rings. The van der Waals surface area contributed by atoms with E-state index in [1.54, 1.807) is 12.1 Å². The number of rotatable bonds is 3. The largest absolute Gasteiger partial charge is 0.573 e. The fourth-order valence-corrected chi connectivity index (χ4v) is 2.07. The summed E-state index contributed by atoms with van der Waals surface area (Å²) in [6.07, 6.45) is -4.20. The molecule has 3 nitrogen and oxygen atoms in total. The summed E-state index contributed by atoms with van der Waals surface area (Å²) >= 11 is 0. The summed E-state index contributed by atoms with van der Waals surface area (Å²) in [6.45, 7) is 7.81. The Balaban J connectivity index is 1.99. The Hall–Kier alpha value is -1.21. The zero-order valence-corrected chi connectivity index (χ0v) is 12.5. The lowest BCUT2D eigenvalue weighted by Gasteiger charge is -2.32. The van der Waals surface area contributed by atoms with Gasteiger partial charge in [-0.3, -0.25) is 0 Å². The second-order valence-electron chi connectivity index (χ2n) is 6.08. The minimum atomic E-state index is -4.67. The number of alkyl halides is 3. The van der Waals surface area contributed by atoms with E-state index in [1.165, 1.54) is 12.1 Å². The lowest BCUT2D eigenvalue weighted by Crippen LogP contribution is -2.41. The maximum atomic E-state index is 12.1. The van der Waals surface area contributed by atoms with Crippen LogP contribution in [0.2, 0.25) is 0 Å². The first kappa shape index (κ1) is 16.2. The average molecular weight is 302 g/mol. The topological polar surface area (TPSA) is 27.7 Å². The predicted octanol–water partition coefficient (Wildman–Crippen LogP) is 3.76. The molecule has 0 bridgehead atoms. The van der Waals surface area contributed by atoms with Crippen molar-refractivity contribution in [2.75, 3.05) is 0 Å². The summed E-state index contributed by atoms with van der Waals surface area (Å²) in [5.74, 6) is -0.236. The molecule has 1 fully saturated rings. The highest BCUT2D eigenvalue weighted by atomic mass is 19.4. The van der Waals surface area contributed by atoms with Crippen LogP contribution in [0.3, 0.4) is 0 Å². The highest BCUT2D eigenvalue weighted by molar-refractivity contribution is 6.45. The van der Waals surface area contributed by atoms with Crippen LogP contribution in [0.5, 0.6) is 5.75 Å². The third kappa shape index (κ3) is 3.92. The van der Waals surface area contributed by atoms with Crippen molar-refractivity contribution in [3.63, 3.8) is 0 Å². The van der Waals surface area contributed by atoms with Crippen molar-refractivity contribution in [1.29, 1.82) is 0 Å². The zero-order chi connectivity index (χ0) is 15.9. The first-order chi connectivity index (χ1) is 9.48. The van der Waals surface area contributed by atoms with Crippen molar-refractivity contribution in [1.82, 2.24) is 0 Å². The molecule has 0 saturated carbocycles. The molecule has 0 radical (unpaired) electrons. The van der Waals surface area contributed by atoms with Gasteiger partial charge in [0.05, 0.1) is 11.2 Å². The van der Waals surface area contributed by atoms with Gasteiger partial charge in [-0.1, -0.05) is 12.1 Å². The maximum absolute atomic E-state index is 12.1. The molecule has 0 N–H and O–H groups in total. The standard InChI is InChI=1S/C14H18BF3O3/c1-12(2)13(3,4)21-15(20-12)9-10-5-7-11(8-6-10)19-14(16,17)18/h5-8H,9H2,1-4H3. The molecule has 21 heavy (non-hydrogen) atoms. The molecular weight excluding hydrogens is 284 g/mol. The van der Waals surface area contributed by atoms with E-state index in [1.807, 2.05) is 27.7 Å². The smallest absolute Gasteiger partial charge is 0.406 e. The van der Waals surface area contributed by atoms with Crippen molar-refractivity contribution in [2.24, 2.45) is 0 Å². The Kier molecular flexibility index (Phi) is 4.01. The van der Waals surface area contributed by atoms with Crippen LogP contribution in [0.1, 0.15) is 33.3 Å². The minimum absolute atomic E-state index is 0.236. The zero-order valence-electron chi connectivity index (χ0n) is 12.5. The maximum Gasteiger partial charge on any atom is 0.573 e. The van der Waals surface area contributed by atoms with E-state index in [-0.39, 0.29) is 5.75 Å². The number of hydrogen-bond acceptors (Lipinski definition) is 3. The lowest BCUT2D eigenvalue weighted by molar-refractivity contribution is -0.274. The van der Waals surface area contributed by atoms with Crippen LogP contribution in [-0.2, 0) is 15.6 Å². The number of halogens is 3. The highest BCUT2D eigenvalue weighted by Gasteiger charge is 2.50. The van der Waals surface area contributed by atoms with Gasteiger partial charge in [-0.15, -0.1) is 13.2 Å². The molecule has 2 rings (SSSR count). The van der Waals surface area contributed by atoms with Crippen molar-refractivity contribution in [2.45, 2.75) is 51.6 Å². The van der Waals surface area contributed by atoms with E-state index in [9.17, 15) is 13.2 Å². The number of ether oxygens (including phenoxy) is 1. The first-order valence-corrected chi connectivity index (χ1v) is 6.69. The lowest BCUT2D eigenvalue weighted by atomic mass is 9.81. The summed E-state index contributed by atoms with van der Waals surface area (Å²) in [5, 5.41) is 0. The molecule has 0 aromatic heterocycles. The fourth-order valence-electron chi connectivity index (χ4n) is 2.07. The average Bonchev–Trinajstić information content (AvgIpc) is 2.48. The van der Waals surface area contributed by atoms with E-state index in [2.05, 4.69) is 4.74 Å². The number of hydrogen-bond donors (Lipinski definition) is 0. The Morgan fingerprint density at radius 1 is 1.00 bits per heavy atom. The van der Waals surface area contributed by atoms with Gasteiger partial charge >= 0.3 is 13.5 Å². The van der Waals surface area contributed by atoms with Crippen LogP contribution in [0.25, 0.3) is 0 Å². The van der Waals surface area contributed by atoms with Crippen LogP contribution in [0.4, 0.5) is 13.2 Å². The van der Waals surface area contributed by atoms with Gasteiger partial charge in [0.25, 0.3) is 0 Å². The molecule has 0 unspecified atom stereocenters. The molecule has 0 atom stereocenters. The predicted molar refractivity (Wildman–Crippen MR) is 72.9 cm³/mol. The quantitative estimate of drug-likeness (QED) is 0.796. The van der Waals surface area contributed by atoms with Gasteiger partial charge in [0.1, 0.15) is 5.75 Å². The van der Waals surface area contributed by atoms with E-state index in [0.29, 0.717) is 6.32 Å². The summed E-state index contributed by atoms with van der Waals surface area (Å²) in [7, 11) is -0.413. The summed E-state index contributed by atoms with van der Waals surface area (Å²) < 4.78 is 51.8. The van der Waals surface area contributed by atoms with Crippen LogP contribution >= 0.6 is 0 Å². The Morgan fingerprint density at radius 3 is 1.90 bits per heavy atom. The Labute approximate surface area is 122 Å². The van der Waals surface area contributed by atoms with E-state index in [4.69, 9.17) is 9.31 Å². The van der Waals surface area contributed by atoms with E-state index >= 15 is 0 Å². The molecule has 7 heteroatoms. The molecule has 0 spiro atoms. The molecule has 116 valence electrons. The Morgan fingerprint density at radius 2 is 1.48 bits per heavy atom. The molecule has 1 aliphatic heterocycles. The van der Waals surface area contributed by atoms with E-state index in [0.717, 1.165) is 5.56 Å². The third-order valence-corrected chi connectivity index (χ3v) is 3.86.